The summed E-state index contributed by atoms with van der Waals surface area (Å²) in [5, 5.41) is 0. The minimum atomic E-state index is -0.751. The van der Waals surface area contributed by atoms with Gasteiger partial charge in [-0.15, -0.1) is 0 Å². The van der Waals surface area contributed by atoms with Crippen LogP contribution in [0.2, 0.25) is 0 Å². The number of benzene rings is 3. The zero-order valence-electron chi connectivity index (χ0n) is 21.4. The molecule has 3 heteroatoms. The molecule has 3 aromatic rings. The summed E-state index contributed by atoms with van der Waals surface area (Å²) in [6.45, 7) is 1.83. The predicted octanol–water partition coefficient (Wildman–Crippen LogP) is 9.11. The van der Waals surface area contributed by atoms with Crippen molar-refractivity contribution < 1.29 is 13.5 Å². The lowest BCUT2D eigenvalue weighted by atomic mass is 9.68. The second-order valence-corrected chi connectivity index (χ2v) is 10.5. The minimum absolute atomic E-state index is 0.131. The molecule has 0 spiro atoms. The Bertz CT molecular complexity index is 1200. The normalized spacial score (nSPS) is 24.4. The van der Waals surface area contributed by atoms with Gasteiger partial charge in [-0.3, -0.25) is 0 Å². The Morgan fingerprint density at radius 3 is 2.11 bits per heavy atom. The Morgan fingerprint density at radius 2 is 1.50 bits per heavy atom. The fraction of sp³-hybridized carbons (Fsp3) is 0.394. The lowest BCUT2D eigenvalue weighted by Gasteiger charge is -2.42. The summed E-state index contributed by atoms with van der Waals surface area (Å²) in [7, 11) is 1.86. The monoisotopic (exact) mass is 486 g/mol. The third-order valence-corrected chi connectivity index (χ3v) is 8.76. The highest BCUT2D eigenvalue weighted by Crippen LogP contribution is 2.47. The number of allylic oxidation sites excluding steroid dienone is 2. The molecule has 0 bridgehead atoms. The molecule has 1 nitrogen and oxygen atoms in total. The number of methoxy groups -OCH3 is 1. The highest BCUT2D eigenvalue weighted by molar-refractivity contribution is 5.71. The Morgan fingerprint density at radius 1 is 0.806 bits per heavy atom. The summed E-state index contributed by atoms with van der Waals surface area (Å²) in [6.07, 6.45) is 10.9. The van der Waals surface area contributed by atoms with Crippen LogP contribution in [-0.2, 0) is 16.8 Å². The van der Waals surface area contributed by atoms with Gasteiger partial charge in [0.1, 0.15) is 0 Å². The first kappa shape index (κ1) is 24.9. The van der Waals surface area contributed by atoms with E-state index in [2.05, 4.69) is 48.5 Å². The van der Waals surface area contributed by atoms with Crippen LogP contribution in [0.4, 0.5) is 8.78 Å². The topological polar surface area (TPSA) is 9.23 Å². The van der Waals surface area contributed by atoms with Crippen LogP contribution >= 0.6 is 0 Å². The Kier molecular flexibility index (Phi) is 7.39. The number of hydrogen-bond donors (Lipinski definition) is 0. The number of rotatable bonds is 6. The molecule has 0 saturated heterocycles. The van der Waals surface area contributed by atoms with Gasteiger partial charge >= 0.3 is 0 Å². The number of hydrogen-bond acceptors (Lipinski definition) is 1. The summed E-state index contributed by atoms with van der Waals surface area (Å²) < 4.78 is 34.9. The van der Waals surface area contributed by atoms with Crippen LogP contribution in [0.15, 0.2) is 72.8 Å². The van der Waals surface area contributed by atoms with E-state index in [1.54, 1.807) is 12.1 Å². The SMILES string of the molecule is CCc1ccc(-c2ccc(C3=CCC(C4CCC(OC)(c5ccccc5)CC4)CC3)cc2)c(F)c1F. The van der Waals surface area contributed by atoms with E-state index in [4.69, 9.17) is 4.74 Å². The highest BCUT2D eigenvalue weighted by Gasteiger charge is 2.39. The van der Waals surface area contributed by atoms with E-state index in [1.807, 2.05) is 26.2 Å². The summed E-state index contributed by atoms with van der Waals surface area (Å²) in [5.41, 5.74) is 5.20. The molecule has 0 amide bonds. The van der Waals surface area contributed by atoms with Gasteiger partial charge in [0.15, 0.2) is 11.6 Å². The van der Waals surface area contributed by atoms with Gasteiger partial charge in [-0.25, -0.2) is 8.78 Å². The van der Waals surface area contributed by atoms with E-state index in [0.717, 1.165) is 37.5 Å². The molecule has 188 valence electrons. The molecule has 0 aromatic heterocycles. The molecule has 0 heterocycles. The fourth-order valence-electron chi connectivity index (χ4n) is 6.42. The first-order valence-corrected chi connectivity index (χ1v) is 13.4. The average Bonchev–Trinajstić information content (AvgIpc) is 2.95. The first-order chi connectivity index (χ1) is 17.5. The van der Waals surface area contributed by atoms with Crippen molar-refractivity contribution in [2.75, 3.05) is 7.11 Å². The lowest BCUT2D eigenvalue weighted by Crippen LogP contribution is -2.35. The van der Waals surface area contributed by atoms with Gasteiger partial charge in [-0.05, 0) is 91.0 Å². The van der Waals surface area contributed by atoms with E-state index >= 15 is 0 Å². The smallest absolute Gasteiger partial charge is 0.166 e. The second kappa shape index (κ2) is 10.7. The Balaban J connectivity index is 1.22. The molecule has 1 fully saturated rings. The zero-order chi connectivity index (χ0) is 25.1. The van der Waals surface area contributed by atoms with Crippen LogP contribution in [0.25, 0.3) is 16.7 Å². The molecule has 0 N–H and O–H groups in total. The lowest BCUT2D eigenvalue weighted by molar-refractivity contribution is -0.0604. The highest BCUT2D eigenvalue weighted by atomic mass is 19.2. The van der Waals surface area contributed by atoms with Crippen LogP contribution in [0.3, 0.4) is 0 Å². The van der Waals surface area contributed by atoms with Crippen molar-refractivity contribution in [2.45, 2.75) is 63.9 Å². The van der Waals surface area contributed by atoms with Gasteiger partial charge in [0.25, 0.3) is 0 Å². The molecule has 3 aromatic carbocycles. The van der Waals surface area contributed by atoms with Crippen LogP contribution < -0.4 is 0 Å². The number of aryl methyl sites for hydroxylation is 1. The Labute approximate surface area is 214 Å². The molecule has 0 aliphatic heterocycles. The maximum Gasteiger partial charge on any atom is 0.166 e. The van der Waals surface area contributed by atoms with Crippen LogP contribution in [0.5, 0.6) is 0 Å². The van der Waals surface area contributed by atoms with E-state index in [-0.39, 0.29) is 5.60 Å². The first-order valence-electron chi connectivity index (χ1n) is 13.4. The molecular weight excluding hydrogens is 450 g/mol. The van der Waals surface area contributed by atoms with E-state index in [1.165, 1.54) is 36.0 Å². The zero-order valence-corrected chi connectivity index (χ0v) is 21.4. The van der Waals surface area contributed by atoms with E-state index < -0.39 is 11.6 Å². The van der Waals surface area contributed by atoms with Crippen molar-refractivity contribution in [3.63, 3.8) is 0 Å². The van der Waals surface area contributed by atoms with Crippen LogP contribution in [0.1, 0.15) is 68.6 Å². The quantitative estimate of drug-likeness (QED) is 0.338. The third kappa shape index (κ3) is 4.78. The van der Waals surface area contributed by atoms with Crippen molar-refractivity contribution in [1.29, 1.82) is 0 Å². The van der Waals surface area contributed by atoms with Gasteiger partial charge < -0.3 is 4.74 Å². The summed E-state index contributed by atoms with van der Waals surface area (Å²) in [5.74, 6) is 0.00215. The number of ether oxygens (including phenoxy) is 1. The van der Waals surface area contributed by atoms with Crippen molar-refractivity contribution in [1.82, 2.24) is 0 Å². The van der Waals surface area contributed by atoms with Crippen molar-refractivity contribution >= 4 is 5.57 Å². The van der Waals surface area contributed by atoms with E-state index in [0.29, 0.717) is 23.1 Å². The molecule has 2 aliphatic carbocycles. The van der Waals surface area contributed by atoms with Crippen molar-refractivity contribution in [3.8, 4) is 11.1 Å². The average molecular weight is 487 g/mol. The van der Waals surface area contributed by atoms with Gasteiger partial charge in [0.2, 0.25) is 0 Å². The standard InChI is InChI=1S/C33H36F2O/c1-3-23-17-18-30(32(35)31(23)34)28-15-13-25(14-16-28)24-9-11-26(12-10-24)27-19-21-33(36-2,22-20-27)29-7-5-4-6-8-29/h4-9,13-18,26-27H,3,10-12,19-22H2,1-2H3. The van der Waals surface area contributed by atoms with Crippen molar-refractivity contribution in [3.05, 3.63) is 101 Å². The second-order valence-electron chi connectivity index (χ2n) is 10.5. The fourth-order valence-corrected chi connectivity index (χ4v) is 6.42. The molecule has 1 atom stereocenters. The minimum Gasteiger partial charge on any atom is -0.374 e. The van der Waals surface area contributed by atoms with Crippen LogP contribution in [-0.4, -0.2) is 7.11 Å². The summed E-state index contributed by atoms with van der Waals surface area (Å²) in [6, 6.07) is 22.0. The molecule has 2 aliphatic rings. The van der Waals surface area contributed by atoms with Crippen molar-refractivity contribution in [2.24, 2.45) is 11.8 Å². The molecular formula is C33H36F2O. The number of halogens is 2. The largest absolute Gasteiger partial charge is 0.374 e. The maximum absolute atomic E-state index is 14.6. The van der Waals surface area contributed by atoms with Gasteiger partial charge in [0.05, 0.1) is 5.60 Å². The van der Waals surface area contributed by atoms with Gasteiger partial charge in [-0.1, -0.05) is 79.7 Å². The summed E-state index contributed by atoms with van der Waals surface area (Å²) in [4.78, 5) is 0. The molecule has 5 rings (SSSR count). The molecule has 1 saturated carbocycles. The Hall–Kier alpha value is -2.78. The molecule has 0 radical (unpaired) electrons. The van der Waals surface area contributed by atoms with E-state index in [9.17, 15) is 8.78 Å². The van der Waals surface area contributed by atoms with Gasteiger partial charge in [-0.2, -0.15) is 0 Å². The maximum atomic E-state index is 14.6. The summed E-state index contributed by atoms with van der Waals surface area (Å²) >= 11 is 0. The molecule has 1 unspecified atom stereocenters. The molecule has 36 heavy (non-hydrogen) atoms. The third-order valence-electron chi connectivity index (χ3n) is 8.76. The van der Waals surface area contributed by atoms with Gasteiger partial charge in [0, 0.05) is 12.7 Å². The van der Waals surface area contributed by atoms with Crippen LogP contribution in [0, 0.1) is 23.5 Å². The predicted molar refractivity (Wildman–Crippen MR) is 144 cm³/mol.